The number of benzene rings is 2. The molecule has 138 valence electrons. The Hall–Kier alpha value is -2.62. The summed E-state index contributed by atoms with van der Waals surface area (Å²) < 4.78 is 0. The van der Waals surface area contributed by atoms with Gasteiger partial charge in [0.2, 0.25) is 5.91 Å². The lowest BCUT2D eigenvalue weighted by Gasteiger charge is -2.29. The molecule has 2 amide bonds. The van der Waals surface area contributed by atoms with Crippen molar-refractivity contribution in [3.63, 3.8) is 0 Å². The monoisotopic (exact) mass is 352 g/mol. The second kappa shape index (κ2) is 8.17. The summed E-state index contributed by atoms with van der Waals surface area (Å²) in [6, 6.07) is 16.7. The number of carbonyl (C=O) groups is 2. The molecule has 0 bridgehead atoms. The van der Waals surface area contributed by atoms with Crippen LogP contribution < -0.4 is 5.32 Å². The van der Waals surface area contributed by atoms with Crippen LogP contribution in [0.4, 0.5) is 5.69 Å². The minimum atomic E-state index is -0.146. The molecule has 1 atom stereocenters. The van der Waals surface area contributed by atoms with Gasteiger partial charge in [0.05, 0.1) is 6.04 Å². The molecule has 2 rings (SSSR count). The average Bonchev–Trinajstić information content (AvgIpc) is 2.60. The van der Waals surface area contributed by atoms with E-state index in [-0.39, 0.29) is 23.3 Å². The number of amides is 2. The van der Waals surface area contributed by atoms with Crippen molar-refractivity contribution < 1.29 is 9.59 Å². The maximum atomic E-state index is 12.5. The summed E-state index contributed by atoms with van der Waals surface area (Å²) in [5.41, 5.74) is 2.28. The van der Waals surface area contributed by atoms with Gasteiger partial charge in [-0.2, -0.15) is 0 Å². The summed E-state index contributed by atoms with van der Waals surface area (Å²) in [7, 11) is 1.83. The van der Waals surface area contributed by atoms with Gasteiger partial charge >= 0.3 is 0 Å². The van der Waals surface area contributed by atoms with E-state index in [2.05, 4.69) is 26.1 Å². The Morgan fingerprint density at radius 3 is 2.31 bits per heavy atom. The van der Waals surface area contributed by atoms with Gasteiger partial charge in [-0.25, -0.2) is 0 Å². The number of anilines is 1. The van der Waals surface area contributed by atoms with Gasteiger partial charge in [-0.15, -0.1) is 0 Å². The van der Waals surface area contributed by atoms with E-state index in [0.29, 0.717) is 12.0 Å². The zero-order valence-corrected chi connectivity index (χ0v) is 16.2. The van der Waals surface area contributed by atoms with Crippen molar-refractivity contribution in [1.29, 1.82) is 0 Å². The highest BCUT2D eigenvalue weighted by Gasteiger charge is 2.23. The molecule has 0 fully saturated rings. The fourth-order valence-electron chi connectivity index (χ4n) is 2.69. The quantitative estimate of drug-likeness (QED) is 0.832. The largest absolute Gasteiger partial charge is 0.339 e. The number of rotatable bonds is 5. The molecule has 0 saturated heterocycles. The fraction of sp³-hybridized carbons (Fsp3) is 0.364. The topological polar surface area (TPSA) is 49.4 Å². The lowest BCUT2D eigenvalue weighted by molar-refractivity contribution is -0.133. The van der Waals surface area contributed by atoms with Crippen LogP contribution in [0.3, 0.4) is 0 Å². The highest BCUT2D eigenvalue weighted by Crippen LogP contribution is 2.26. The van der Waals surface area contributed by atoms with Crippen LogP contribution in [0.25, 0.3) is 0 Å². The molecule has 0 aliphatic rings. The van der Waals surface area contributed by atoms with Crippen molar-refractivity contribution >= 4 is 17.5 Å². The Morgan fingerprint density at radius 1 is 1.04 bits per heavy atom. The smallest absolute Gasteiger partial charge is 0.255 e. The molecule has 4 nitrogen and oxygen atoms in total. The molecule has 0 aliphatic carbocycles. The normalized spacial score (nSPS) is 12.3. The van der Waals surface area contributed by atoms with Crippen molar-refractivity contribution in [3.8, 4) is 0 Å². The summed E-state index contributed by atoms with van der Waals surface area (Å²) in [6.07, 6.45) is 0.498. The number of hydrogen-bond acceptors (Lipinski definition) is 2. The number of hydrogen-bond donors (Lipinski definition) is 1. The Morgan fingerprint density at radius 2 is 1.69 bits per heavy atom. The van der Waals surface area contributed by atoms with Crippen LogP contribution in [0.2, 0.25) is 0 Å². The minimum absolute atomic E-state index is 0.0451. The SMILES string of the molecule is CC(c1cccc(NC(=O)c2ccccc2)c1)N(C)C(=O)CC(C)(C)C. The lowest BCUT2D eigenvalue weighted by atomic mass is 9.91. The van der Waals surface area contributed by atoms with Gasteiger partial charge in [0.25, 0.3) is 5.91 Å². The summed E-state index contributed by atoms with van der Waals surface area (Å²) in [5.74, 6) is -0.0312. The maximum absolute atomic E-state index is 12.5. The van der Waals surface area contributed by atoms with Gasteiger partial charge in [-0.3, -0.25) is 9.59 Å². The summed E-state index contributed by atoms with van der Waals surface area (Å²) in [4.78, 5) is 26.6. The Labute approximate surface area is 156 Å². The third-order valence-electron chi connectivity index (χ3n) is 4.32. The molecule has 0 aromatic heterocycles. The summed E-state index contributed by atoms with van der Waals surface area (Å²) >= 11 is 0. The van der Waals surface area contributed by atoms with Crippen LogP contribution in [0, 0.1) is 5.41 Å². The van der Waals surface area contributed by atoms with E-state index >= 15 is 0 Å². The van der Waals surface area contributed by atoms with E-state index in [0.717, 1.165) is 11.3 Å². The lowest BCUT2D eigenvalue weighted by Crippen LogP contribution is -2.32. The third-order valence-corrected chi connectivity index (χ3v) is 4.32. The first-order chi connectivity index (χ1) is 12.2. The average molecular weight is 352 g/mol. The summed E-state index contributed by atoms with van der Waals surface area (Å²) in [5, 5.41) is 2.92. The Bertz CT molecular complexity index is 763. The van der Waals surface area contributed by atoms with Gasteiger partial charge in [-0.1, -0.05) is 51.1 Å². The van der Waals surface area contributed by atoms with Crippen molar-refractivity contribution in [2.75, 3.05) is 12.4 Å². The highest BCUT2D eigenvalue weighted by molar-refractivity contribution is 6.04. The van der Waals surface area contributed by atoms with E-state index in [4.69, 9.17) is 0 Å². The zero-order chi connectivity index (χ0) is 19.3. The first-order valence-electron chi connectivity index (χ1n) is 8.89. The molecule has 0 radical (unpaired) electrons. The van der Waals surface area contributed by atoms with Gasteiger partial charge in [0, 0.05) is 24.7 Å². The van der Waals surface area contributed by atoms with Crippen molar-refractivity contribution in [3.05, 3.63) is 65.7 Å². The molecular weight excluding hydrogens is 324 g/mol. The number of nitrogens with one attached hydrogen (secondary N) is 1. The summed E-state index contributed by atoms with van der Waals surface area (Å²) in [6.45, 7) is 8.17. The van der Waals surface area contributed by atoms with Crippen LogP contribution in [-0.4, -0.2) is 23.8 Å². The van der Waals surface area contributed by atoms with Crippen LogP contribution in [0.5, 0.6) is 0 Å². The van der Waals surface area contributed by atoms with Gasteiger partial charge in [0.15, 0.2) is 0 Å². The first kappa shape index (κ1) is 19.7. The minimum Gasteiger partial charge on any atom is -0.339 e. The second-order valence-electron chi connectivity index (χ2n) is 7.86. The van der Waals surface area contributed by atoms with Crippen LogP contribution in [0.1, 0.15) is 56.1 Å². The predicted molar refractivity (Wildman–Crippen MR) is 106 cm³/mol. The first-order valence-corrected chi connectivity index (χ1v) is 8.89. The molecule has 0 spiro atoms. The van der Waals surface area contributed by atoms with Crippen molar-refractivity contribution in [2.45, 2.75) is 40.2 Å². The van der Waals surface area contributed by atoms with Crippen molar-refractivity contribution in [2.24, 2.45) is 5.41 Å². The molecule has 2 aromatic rings. The van der Waals surface area contributed by atoms with E-state index in [1.54, 1.807) is 17.0 Å². The Balaban J connectivity index is 2.10. The molecule has 0 aliphatic heterocycles. The number of nitrogens with zero attached hydrogens (tertiary/aromatic N) is 1. The van der Waals surface area contributed by atoms with Crippen LogP contribution >= 0.6 is 0 Å². The fourth-order valence-corrected chi connectivity index (χ4v) is 2.69. The Kier molecular flexibility index (Phi) is 6.19. The highest BCUT2D eigenvalue weighted by atomic mass is 16.2. The van der Waals surface area contributed by atoms with Gasteiger partial charge in [0.1, 0.15) is 0 Å². The molecule has 26 heavy (non-hydrogen) atoms. The van der Waals surface area contributed by atoms with E-state index < -0.39 is 0 Å². The molecule has 1 N–H and O–H groups in total. The maximum Gasteiger partial charge on any atom is 0.255 e. The molecular formula is C22H28N2O2. The van der Waals surface area contributed by atoms with E-state index in [1.165, 1.54) is 0 Å². The molecule has 1 unspecified atom stereocenters. The number of carbonyl (C=O) groups excluding carboxylic acids is 2. The molecule has 0 heterocycles. The van der Waals surface area contributed by atoms with Crippen LogP contribution in [0.15, 0.2) is 54.6 Å². The molecule has 0 saturated carbocycles. The standard InChI is InChI=1S/C22H28N2O2/c1-16(24(5)20(25)15-22(2,3)4)18-12-9-13-19(14-18)23-21(26)17-10-7-6-8-11-17/h6-14,16H,15H2,1-5H3,(H,23,26). The van der Waals surface area contributed by atoms with Crippen LogP contribution in [-0.2, 0) is 4.79 Å². The molecule has 4 heteroatoms. The van der Waals surface area contributed by atoms with Gasteiger partial charge < -0.3 is 10.2 Å². The molecule has 2 aromatic carbocycles. The van der Waals surface area contributed by atoms with E-state index in [1.807, 2.05) is 56.4 Å². The third kappa shape index (κ3) is 5.45. The van der Waals surface area contributed by atoms with Gasteiger partial charge in [-0.05, 0) is 42.2 Å². The predicted octanol–water partition coefficient (Wildman–Crippen LogP) is 4.89. The van der Waals surface area contributed by atoms with E-state index in [9.17, 15) is 9.59 Å². The zero-order valence-electron chi connectivity index (χ0n) is 16.2. The van der Waals surface area contributed by atoms with Crippen molar-refractivity contribution in [1.82, 2.24) is 4.90 Å². The second-order valence-corrected chi connectivity index (χ2v) is 7.86.